The van der Waals surface area contributed by atoms with Gasteiger partial charge in [-0.15, -0.1) is 16.9 Å². The van der Waals surface area contributed by atoms with E-state index in [-0.39, 0.29) is 11.7 Å². The van der Waals surface area contributed by atoms with Gasteiger partial charge in [-0.3, -0.25) is 4.79 Å². The first-order valence-electron chi connectivity index (χ1n) is 7.67. The predicted octanol–water partition coefficient (Wildman–Crippen LogP) is 2.32. The van der Waals surface area contributed by atoms with Crippen molar-refractivity contribution in [2.75, 3.05) is 18.1 Å². The fourth-order valence-corrected chi connectivity index (χ4v) is 3.50. The number of thioether (sulfide) groups is 2. The average molecular weight is 375 g/mol. The second kappa shape index (κ2) is 9.28. The molecular formula is C16H17N5O2S2. The maximum Gasteiger partial charge on any atom is 0.230 e. The van der Waals surface area contributed by atoms with Gasteiger partial charge in [-0.05, 0) is 34.7 Å². The van der Waals surface area contributed by atoms with E-state index in [1.165, 1.54) is 16.7 Å². The highest BCUT2D eigenvalue weighted by atomic mass is 32.2. The fourth-order valence-electron chi connectivity index (χ4n) is 2.01. The smallest absolute Gasteiger partial charge is 0.230 e. The Morgan fingerprint density at radius 1 is 1.16 bits per heavy atom. The third kappa shape index (κ3) is 5.64. The first kappa shape index (κ1) is 17.6. The Hall–Kier alpha value is -2.26. The van der Waals surface area contributed by atoms with Crippen LogP contribution in [0.5, 0.6) is 0 Å². The third-order valence-electron chi connectivity index (χ3n) is 3.15. The standard InChI is InChI=1S/C16H17N5O2S2/c22-15(17-8-10-24-14-6-2-1-3-7-14)12-25-16-18-19-20-21(16)11-13-5-4-9-23-13/h1-7,9H,8,10-12H2,(H,17,22). The maximum absolute atomic E-state index is 11.9. The number of aromatic nitrogens is 4. The number of carbonyl (C=O) groups excluding carboxylic acids is 1. The van der Waals surface area contributed by atoms with Crippen LogP contribution in [0.2, 0.25) is 0 Å². The van der Waals surface area contributed by atoms with Crippen molar-refractivity contribution in [2.45, 2.75) is 16.6 Å². The molecule has 0 unspecified atom stereocenters. The van der Waals surface area contributed by atoms with Gasteiger partial charge in [-0.1, -0.05) is 30.0 Å². The van der Waals surface area contributed by atoms with Crippen molar-refractivity contribution in [1.29, 1.82) is 0 Å². The summed E-state index contributed by atoms with van der Waals surface area (Å²) >= 11 is 3.02. The normalized spacial score (nSPS) is 10.7. The molecule has 2 heterocycles. The minimum absolute atomic E-state index is 0.0359. The van der Waals surface area contributed by atoms with E-state index in [0.29, 0.717) is 18.2 Å². The summed E-state index contributed by atoms with van der Waals surface area (Å²) in [5, 5.41) is 15.0. The summed E-state index contributed by atoms with van der Waals surface area (Å²) in [7, 11) is 0. The van der Waals surface area contributed by atoms with Gasteiger partial charge in [-0.25, -0.2) is 4.68 Å². The van der Waals surface area contributed by atoms with Gasteiger partial charge in [0.15, 0.2) is 0 Å². The molecule has 1 aromatic carbocycles. The Morgan fingerprint density at radius 3 is 2.84 bits per heavy atom. The van der Waals surface area contributed by atoms with E-state index in [2.05, 4.69) is 33.0 Å². The summed E-state index contributed by atoms with van der Waals surface area (Å²) in [6.45, 7) is 1.06. The quantitative estimate of drug-likeness (QED) is 0.454. The van der Waals surface area contributed by atoms with Crippen LogP contribution in [0.15, 0.2) is 63.2 Å². The molecule has 0 saturated carbocycles. The Kier molecular flexibility index (Phi) is 6.52. The molecule has 1 N–H and O–H groups in total. The highest BCUT2D eigenvalue weighted by molar-refractivity contribution is 7.99. The van der Waals surface area contributed by atoms with Gasteiger partial charge < -0.3 is 9.73 Å². The monoisotopic (exact) mass is 375 g/mol. The van der Waals surface area contributed by atoms with Gasteiger partial charge in [0.05, 0.1) is 12.0 Å². The Labute approximate surface area is 153 Å². The Bertz CT molecular complexity index is 777. The number of nitrogens with one attached hydrogen (secondary N) is 1. The summed E-state index contributed by atoms with van der Waals surface area (Å²) in [4.78, 5) is 13.1. The van der Waals surface area contributed by atoms with Gasteiger partial charge in [0.25, 0.3) is 0 Å². The third-order valence-corrected chi connectivity index (χ3v) is 5.12. The van der Waals surface area contributed by atoms with Crippen LogP contribution in [0.3, 0.4) is 0 Å². The van der Waals surface area contributed by atoms with Crippen molar-refractivity contribution in [3.05, 3.63) is 54.5 Å². The molecule has 1 amide bonds. The van der Waals surface area contributed by atoms with E-state index in [1.54, 1.807) is 22.7 Å². The van der Waals surface area contributed by atoms with Crippen molar-refractivity contribution in [1.82, 2.24) is 25.5 Å². The largest absolute Gasteiger partial charge is 0.467 e. The lowest BCUT2D eigenvalue weighted by atomic mass is 10.4. The molecule has 0 bridgehead atoms. The zero-order valence-electron chi connectivity index (χ0n) is 13.4. The molecule has 3 rings (SSSR count). The van der Waals surface area contributed by atoms with Crippen LogP contribution in [0.25, 0.3) is 0 Å². The van der Waals surface area contributed by atoms with E-state index in [4.69, 9.17) is 4.42 Å². The molecule has 25 heavy (non-hydrogen) atoms. The van der Waals surface area contributed by atoms with Crippen LogP contribution in [-0.4, -0.2) is 44.2 Å². The van der Waals surface area contributed by atoms with E-state index in [1.807, 2.05) is 30.3 Å². The number of hydrogen-bond acceptors (Lipinski definition) is 7. The van der Waals surface area contributed by atoms with Gasteiger partial charge in [-0.2, -0.15) is 0 Å². The number of amides is 1. The highest BCUT2D eigenvalue weighted by Crippen LogP contribution is 2.16. The van der Waals surface area contributed by atoms with Gasteiger partial charge in [0.1, 0.15) is 12.3 Å². The minimum atomic E-state index is -0.0359. The van der Waals surface area contributed by atoms with Crippen molar-refractivity contribution >= 4 is 29.4 Å². The van der Waals surface area contributed by atoms with Gasteiger partial charge in [0, 0.05) is 17.2 Å². The summed E-state index contributed by atoms with van der Waals surface area (Å²) < 4.78 is 6.90. The number of rotatable bonds is 9. The van der Waals surface area contributed by atoms with Gasteiger partial charge in [0.2, 0.25) is 11.1 Å². The summed E-state index contributed by atoms with van der Waals surface area (Å²) in [6.07, 6.45) is 1.60. The first-order chi connectivity index (χ1) is 12.3. The van der Waals surface area contributed by atoms with E-state index >= 15 is 0 Å². The molecule has 0 aliphatic heterocycles. The molecule has 0 fully saturated rings. The molecule has 0 aliphatic rings. The number of benzene rings is 1. The molecule has 2 aromatic heterocycles. The molecule has 7 nitrogen and oxygen atoms in total. The SMILES string of the molecule is O=C(CSc1nnnn1Cc1ccco1)NCCSc1ccccc1. The number of hydrogen-bond donors (Lipinski definition) is 1. The number of carbonyl (C=O) groups is 1. The average Bonchev–Trinajstić information content (AvgIpc) is 3.30. The maximum atomic E-state index is 11.9. The Balaban J connectivity index is 1.37. The summed E-state index contributed by atoms with van der Waals surface area (Å²) in [5.74, 6) is 1.83. The van der Waals surface area contributed by atoms with E-state index in [0.717, 1.165) is 11.5 Å². The van der Waals surface area contributed by atoms with Crippen LogP contribution in [0, 0.1) is 0 Å². The lowest BCUT2D eigenvalue weighted by Gasteiger charge is -2.05. The van der Waals surface area contributed by atoms with Crippen LogP contribution in [0.1, 0.15) is 5.76 Å². The molecule has 130 valence electrons. The topological polar surface area (TPSA) is 85.8 Å². The molecule has 0 spiro atoms. The number of nitrogens with zero attached hydrogens (tertiary/aromatic N) is 4. The molecule has 0 aliphatic carbocycles. The zero-order chi connectivity index (χ0) is 17.3. The minimum Gasteiger partial charge on any atom is -0.467 e. The van der Waals surface area contributed by atoms with Crippen molar-refractivity contribution in [3.63, 3.8) is 0 Å². The van der Waals surface area contributed by atoms with E-state index < -0.39 is 0 Å². The van der Waals surface area contributed by atoms with Crippen LogP contribution >= 0.6 is 23.5 Å². The lowest BCUT2D eigenvalue weighted by Crippen LogP contribution is -2.27. The molecule has 0 saturated heterocycles. The van der Waals surface area contributed by atoms with Crippen molar-refractivity contribution < 1.29 is 9.21 Å². The molecule has 0 atom stereocenters. The fraction of sp³-hybridized carbons (Fsp3) is 0.250. The second-order valence-electron chi connectivity index (χ2n) is 5.00. The number of furan rings is 1. The first-order valence-corrected chi connectivity index (χ1v) is 9.64. The van der Waals surface area contributed by atoms with Crippen LogP contribution in [0.4, 0.5) is 0 Å². The predicted molar refractivity (Wildman–Crippen MR) is 96.5 cm³/mol. The van der Waals surface area contributed by atoms with Crippen LogP contribution in [-0.2, 0) is 11.3 Å². The van der Waals surface area contributed by atoms with Crippen molar-refractivity contribution in [2.24, 2.45) is 0 Å². The number of tetrazole rings is 1. The summed E-state index contributed by atoms with van der Waals surface area (Å²) in [5.41, 5.74) is 0. The van der Waals surface area contributed by atoms with Crippen molar-refractivity contribution in [3.8, 4) is 0 Å². The molecule has 9 heteroatoms. The zero-order valence-corrected chi connectivity index (χ0v) is 15.0. The second-order valence-corrected chi connectivity index (χ2v) is 7.11. The van der Waals surface area contributed by atoms with Gasteiger partial charge >= 0.3 is 0 Å². The molecule has 0 radical (unpaired) electrons. The summed E-state index contributed by atoms with van der Waals surface area (Å²) in [6, 6.07) is 13.8. The Morgan fingerprint density at radius 2 is 2.04 bits per heavy atom. The molecule has 3 aromatic rings. The van der Waals surface area contributed by atoms with E-state index in [9.17, 15) is 4.79 Å². The highest BCUT2D eigenvalue weighted by Gasteiger charge is 2.11. The lowest BCUT2D eigenvalue weighted by molar-refractivity contribution is -0.118. The van der Waals surface area contributed by atoms with Crippen LogP contribution < -0.4 is 5.32 Å². The molecular weight excluding hydrogens is 358 g/mol.